The molecule has 3 rings (SSSR count). The Morgan fingerprint density at radius 3 is 2.38 bits per heavy atom. The summed E-state index contributed by atoms with van der Waals surface area (Å²) in [5, 5.41) is 6.95. The van der Waals surface area contributed by atoms with E-state index in [1.165, 1.54) is 38.1 Å². The fourth-order valence-electron chi connectivity index (χ4n) is 4.19. The van der Waals surface area contributed by atoms with Crippen LogP contribution in [0.3, 0.4) is 0 Å². The summed E-state index contributed by atoms with van der Waals surface area (Å²) in [4.78, 5) is 9.34. The summed E-state index contributed by atoms with van der Waals surface area (Å²) < 4.78 is 18.9. The molecule has 2 fully saturated rings. The lowest BCUT2D eigenvalue weighted by Crippen LogP contribution is -2.47. The van der Waals surface area contributed by atoms with Crippen molar-refractivity contribution >= 4 is 5.96 Å². The Hall–Kier alpha value is -1.70. The molecule has 1 aromatic rings. The van der Waals surface area contributed by atoms with Gasteiger partial charge in [0, 0.05) is 39.8 Å². The Morgan fingerprint density at radius 2 is 1.72 bits per heavy atom. The number of nitrogens with one attached hydrogen (secondary N) is 2. The van der Waals surface area contributed by atoms with Crippen LogP contribution < -0.4 is 10.6 Å². The minimum Gasteiger partial charge on any atom is -0.379 e. The van der Waals surface area contributed by atoms with Crippen LogP contribution in [0.25, 0.3) is 0 Å². The second-order valence-corrected chi connectivity index (χ2v) is 8.16. The number of rotatable bonds is 8. The summed E-state index contributed by atoms with van der Waals surface area (Å²) in [6.07, 6.45) is 2.66. The summed E-state index contributed by atoms with van der Waals surface area (Å²) in [5.74, 6) is 1.18. The number of ether oxygens (including phenoxy) is 1. The van der Waals surface area contributed by atoms with Crippen LogP contribution in [0.4, 0.5) is 4.39 Å². The summed E-state index contributed by atoms with van der Waals surface area (Å²) in [6.45, 7) is 10.7. The van der Waals surface area contributed by atoms with E-state index in [1.807, 2.05) is 19.2 Å². The number of likely N-dealkylation sites (tertiary alicyclic amines) is 1. The smallest absolute Gasteiger partial charge is 0.191 e. The highest BCUT2D eigenvalue weighted by Gasteiger charge is 2.23. The maximum atomic E-state index is 13.4. The Balaban J connectivity index is 1.52. The quantitative estimate of drug-likeness (QED) is 0.512. The SMILES string of the molecule is CN=C(NCC(C)CN1CCCC1)NCC(c1ccc(F)cc1)N1CCOCC1. The van der Waals surface area contributed by atoms with E-state index in [-0.39, 0.29) is 11.9 Å². The first-order valence-electron chi connectivity index (χ1n) is 10.9. The van der Waals surface area contributed by atoms with Gasteiger partial charge in [0.05, 0.1) is 19.3 Å². The van der Waals surface area contributed by atoms with Crippen LogP contribution in [-0.2, 0) is 4.74 Å². The first-order chi connectivity index (χ1) is 14.2. The van der Waals surface area contributed by atoms with Gasteiger partial charge in [-0.05, 0) is 49.5 Å². The van der Waals surface area contributed by atoms with Crippen LogP contribution >= 0.6 is 0 Å². The molecule has 2 aliphatic rings. The molecule has 2 atom stereocenters. The number of hydrogen-bond donors (Lipinski definition) is 2. The number of aliphatic imine (C=N–C) groups is 1. The van der Waals surface area contributed by atoms with Gasteiger partial charge in [-0.25, -0.2) is 4.39 Å². The van der Waals surface area contributed by atoms with Crippen molar-refractivity contribution in [3.63, 3.8) is 0 Å². The number of hydrogen-bond acceptors (Lipinski definition) is 4. The normalized spacial score (nSPS) is 21.1. The average molecular weight is 406 g/mol. The fourth-order valence-corrected chi connectivity index (χ4v) is 4.19. The van der Waals surface area contributed by atoms with Crippen molar-refractivity contribution in [3.8, 4) is 0 Å². The molecule has 0 saturated carbocycles. The van der Waals surface area contributed by atoms with Gasteiger partial charge >= 0.3 is 0 Å². The van der Waals surface area contributed by atoms with Crippen LogP contribution in [0.5, 0.6) is 0 Å². The minimum absolute atomic E-state index is 0.153. The van der Waals surface area contributed by atoms with Gasteiger partial charge in [-0.1, -0.05) is 19.1 Å². The second kappa shape index (κ2) is 11.5. The molecule has 2 saturated heterocycles. The van der Waals surface area contributed by atoms with E-state index in [4.69, 9.17) is 4.74 Å². The molecule has 2 N–H and O–H groups in total. The van der Waals surface area contributed by atoms with E-state index >= 15 is 0 Å². The van der Waals surface area contributed by atoms with Gasteiger partial charge in [-0.3, -0.25) is 9.89 Å². The van der Waals surface area contributed by atoms with E-state index in [1.54, 1.807) is 0 Å². The monoisotopic (exact) mass is 405 g/mol. The van der Waals surface area contributed by atoms with Crippen molar-refractivity contribution in [2.24, 2.45) is 10.9 Å². The first kappa shape index (κ1) is 22.0. The number of benzene rings is 1. The van der Waals surface area contributed by atoms with Crippen molar-refractivity contribution in [1.29, 1.82) is 0 Å². The van der Waals surface area contributed by atoms with Gasteiger partial charge in [-0.15, -0.1) is 0 Å². The zero-order chi connectivity index (χ0) is 20.5. The molecule has 162 valence electrons. The van der Waals surface area contributed by atoms with Gasteiger partial charge in [0.1, 0.15) is 5.82 Å². The molecular weight excluding hydrogens is 369 g/mol. The molecule has 0 radical (unpaired) electrons. The summed E-state index contributed by atoms with van der Waals surface area (Å²) in [5.41, 5.74) is 1.11. The highest BCUT2D eigenvalue weighted by molar-refractivity contribution is 5.79. The topological polar surface area (TPSA) is 52.1 Å². The van der Waals surface area contributed by atoms with Gasteiger partial charge < -0.3 is 20.3 Å². The van der Waals surface area contributed by atoms with Crippen molar-refractivity contribution in [1.82, 2.24) is 20.4 Å². The molecule has 0 amide bonds. The van der Waals surface area contributed by atoms with Crippen LogP contribution in [0.1, 0.15) is 31.4 Å². The molecule has 0 aliphatic carbocycles. The molecule has 29 heavy (non-hydrogen) atoms. The van der Waals surface area contributed by atoms with Crippen molar-refractivity contribution in [2.45, 2.75) is 25.8 Å². The van der Waals surface area contributed by atoms with Crippen LogP contribution in [0, 0.1) is 11.7 Å². The largest absolute Gasteiger partial charge is 0.379 e. The third-order valence-corrected chi connectivity index (χ3v) is 5.81. The van der Waals surface area contributed by atoms with E-state index in [9.17, 15) is 4.39 Å². The third-order valence-electron chi connectivity index (χ3n) is 5.81. The van der Waals surface area contributed by atoms with Crippen LogP contribution in [0.15, 0.2) is 29.3 Å². The predicted octanol–water partition coefficient (Wildman–Crippen LogP) is 2.10. The second-order valence-electron chi connectivity index (χ2n) is 8.16. The Labute approximate surface area is 174 Å². The average Bonchev–Trinajstić information content (AvgIpc) is 3.25. The van der Waals surface area contributed by atoms with E-state index < -0.39 is 0 Å². The molecule has 1 aromatic carbocycles. The lowest BCUT2D eigenvalue weighted by Gasteiger charge is -2.35. The number of morpholine rings is 1. The zero-order valence-electron chi connectivity index (χ0n) is 17.9. The minimum atomic E-state index is -0.202. The van der Waals surface area contributed by atoms with Crippen LogP contribution in [0.2, 0.25) is 0 Å². The summed E-state index contributed by atoms with van der Waals surface area (Å²) in [7, 11) is 1.81. The molecular formula is C22H36FN5O. The zero-order valence-corrected chi connectivity index (χ0v) is 17.9. The van der Waals surface area contributed by atoms with Crippen molar-refractivity contribution in [2.75, 3.05) is 66.1 Å². The van der Waals surface area contributed by atoms with Crippen molar-refractivity contribution < 1.29 is 9.13 Å². The summed E-state index contributed by atoms with van der Waals surface area (Å²) in [6, 6.07) is 6.99. The number of halogens is 1. The Bertz CT molecular complexity index is 627. The van der Waals surface area contributed by atoms with Crippen LogP contribution in [-0.4, -0.2) is 81.8 Å². The third kappa shape index (κ3) is 6.94. The lowest BCUT2D eigenvalue weighted by atomic mass is 10.0. The molecule has 2 unspecified atom stereocenters. The van der Waals surface area contributed by atoms with Gasteiger partial charge in [0.25, 0.3) is 0 Å². The molecule has 0 spiro atoms. The predicted molar refractivity (Wildman–Crippen MR) is 116 cm³/mol. The van der Waals surface area contributed by atoms with Gasteiger partial charge in [0.15, 0.2) is 5.96 Å². The number of nitrogens with zero attached hydrogens (tertiary/aromatic N) is 3. The molecule has 2 heterocycles. The van der Waals surface area contributed by atoms with Gasteiger partial charge in [-0.2, -0.15) is 0 Å². The highest BCUT2D eigenvalue weighted by Crippen LogP contribution is 2.21. The molecule has 7 heteroatoms. The fraction of sp³-hybridized carbons (Fsp3) is 0.682. The van der Waals surface area contributed by atoms with E-state index in [0.29, 0.717) is 12.5 Å². The summed E-state index contributed by atoms with van der Waals surface area (Å²) >= 11 is 0. The Morgan fingerprint density at radius 1 is 1.07 bits per heavy atom. The molecule has 6 nitrogen and oxygen atoms in total. The maximum Gasteiger partial charge on any atom is 0.191 e. The first-order valence-corrected chi connectivity index (χ1v) is 10.9. The Kier molecular flexibility index (Phi) is 8.70. The molecule has 2 aliphatic heterocycles. The van der Waals surface area contributed by atoms with E-state index in [0.717, 1.165) is 50.9 Å². The molecule has 0 aromatic heterocycles. The maximum absolute atomic E-state index is 13.4. The van der Waals surface area contributed by atoms with Crippen molar-refractivity contribution in [3.05, 3.63) is 35.6 Å². The number of guanidine groups is 1. The lowest BCUT2D eigenvalue weighted by molar-refractivity contribution is 0.0170. The standard InChI is InChI=1S/C22H36FN5O/c1-18(17-27-9-3-4-10-27)15-25-22(24-2)26-16-21(28-11-13-29-14-12-28)19-5-7-20(23)8-6-19/h5-8,18,21H,3-4,9-17H2,1-2H3,(H2,24,25,26). The van der Waals surface area contributed by atoms with E-state index in [2.05, 4.69) is 32.3 Å². The highest BCUT2D eigenvalue weighted by atomic mass is 19.1. The molecule has 0 bridgehead atoms. The van der Waals surface area contributed by atoms with Gasteiger partial charge in [0.2, 0.25) is 0 Å².